The zero-order chi connectivity index (χ0) is 23.2. The van der Waals surface area contributed by atoms with E-state index in [1.54, 1.807) is 49.5 Å². The number of nitrogens with zero attached hydrogens (tertiary/aromatic N) is 1. The minimum Gasteiger partial charge on any atom is -0.454 e. The first-order chi connectivity index (χ1) is 16.0. The Hall–Kier alpha value is -4.33. The van der Waals surface area contributed by atoms with Crippen LogP contribution in [-0.4, -0.2) is 38.2 Å². The van der Waals surface area contributed by atoms with Crippen molar-refractivity contribution in [1.29, 1.82) is 0 Å². The number of rotatable bonds is 7. The monoisotopic (exact) mass is 446 g/mol. The maximum atomic E-state index is 13.0. The van der Waals surface area contributed by atoms with E-state index >= 15 is 0 Å². The third kappa shape index (κ3) is 5.12. The Morgan fingerprint density at radius 3 is 2.39 bits per heavy atom. The van der Waals surface area contributed by atoms with Gasteiger partial charge in [0.05, 0.1) is 11.1 Å². The lowest BCUT2D eigenvalue weighted by Gasteiger charge is -2.18. The molecule has 8 heteroatoms. The van der Waals surface area contributed by atoms with Gasteiger partial charge in [0.25, 0.3) is 11.8 Å². The first-order valence-corrected chi connectivity index (χ1v) is 10.3. The van der Waals surface area contributed by atoms with Gasteiger partial charge in [-0.05, 0) is 42.0 Å². The molecule has 1 N–H and O–H groups in total. The van der Waals surface area contributed by atoms with Crippen molar-refractivity contribution in [2.45, 2.75) is 6.54 Å². The van der Waals surface area contributed by atoms with Crippen molar-refractivity contribution < 1.29 is 28.6 Å². The predicted octanol–water partition coefficient (Wildman–Crippen LogP) is 3.17. The van der Waals surface area contributed by atoms with Crippen LogP contribution in [-0.2, 0) is 16.1 Å². The molecule has 0 unspecified atom stereocenters. The van der Waals surface area contributed by atoms with Gasteiger partial charge in [-0.1, -0.05) is 36.4 Å². The Bertz CT molecular complexity index is 1180. The van der Waals surface area contributed by atoms with Crippen molar-refractivity contribution in [2.24, 2.45) is 0 Å². The molecule has 1 aliphatic rings. The van der Waals surface area contributed by atoms with Crippen molar-refractivity contribution >= 4 is 23.5 Å². The average molecular weight is 446 g/mol. The van der Waals surface area contributed by atoms with Gasteiger partial charge < -0.3 is 24.4 Å². The van der Waals surface area contributed by atoms with E-state index < -0.39 is 18.5 Å². The fourth-order valence-corrected chi connectivity index (χ4v) is 3.31. The Morgan fingerprint density at radius 2 is 1.61 bits per heavy atom. The number of amides is 2. The number of para-hydroxylation sites is 1. The summed E-state index contributed by atoms with van der Waals surface area (Å²) in [5.41, 5.74) is 1.79. The molecule has 0 aromatic heterocycles. The highest BCUT2D eigenvalue weighted by molar-refractivity contribution is 6.12. The quantitative estimate of drug-likeness (QED) is 0.561. The molecule has 0 radical (unpaired) electrons. The smallest absolute Gasteiger partial charge is 0.339 e. The molecular formula is C25H22N2O6. The summed E-state index contributed by atoms with van der Waals surface area (Å²) >= 11 is 0. The van der Waals surface area contributed by atoms with Gasteiger partial charge in [0.1, 0.15) is 0 Å². The molecule has 0 fully saturated rings. The molecule has 3 aromatic rings. The van der Waals surface area contributed by atoms with E-state index in [0.717, 1.165) is 5.56 Å². The van der Waals surface area contributed by atoms with Gasteiger partial charge in [0.15, 0.2) is 18.1 Å². The summed E-state index contributed by atoms with van der Waals surface area (Å²) in [6.45, 7) is -0.0589. The van der Waals surface area contributed by atoms with Crippen molar-refractivity contribution in [1.82, 2.24) is 5.32 Å². The van der Waals surface area contributed by atoms with Crippen LogP contribution in [0.25, 0.3) is 0 Å². The van der Waals surface area contributed by atoms with Gasteiger partial charge >= 0.3 is 5.97 Å². The predicted molar refractivity (Wildman–Crippen MR) is 120 cm³/mol. The molecule has 33 heavy (non-hydrogen) atoms. The zero-order valence-corrected chi connectivity index (χ0v) is 17.9. The lowest BCUT2D eigenvalue weighted by atomic mass is 10.1. The highest BCUT2D eigenvalue weighted by Crippen LogP contribution is 2.32. The van der Waals surface area contributed by atoms with E-state index in [1.807, 2.05) is 24.3 Å². The number of benzene rings is 3. The number of hydrogen-bond donors (Lipinski definition) is 1. The van der Waals surface area contributed by atoms with Crippen LogP contribution >= 0.6 is 0 Å². The fourth-order valence-electron chi connectivity index (χ4n) is 3.31. The molecule has 4 rings (SSSR count). The number of hydrogen-bond acceptors (Lipinski definition) is 6. The van der Waals surface area contributed by atoms with Crippen molar-refractivity contribution in [3.8, 4) is 11.5 Å². The number of anilines is 1. The van der Waals surface area contributed by atoms with E-state index in [1.165, 1.54) is 11.0 Å². The molecule has 2 amide bonds. The summed E-state index contributed by atoms with van der Waals surface area (Å²) in [6, 6.07) is 20.8. The van der Waals surface area contributed by atoms with Crippen LogP contribution in [0.3, 0.4) is 0 Å². The van der Waals surface area contributed by atoms with Crippen LogP contribution in [0.1, 0.15) is 26.3 Å². The van der Waals surface area contributed by atoms with Gasteiger partial charge in [0.2, 0.25) is 6.79 Å². The molecule has 0 spiro atoms. The number of fused-ring (bicyclic) bond motifs is 1. The molecule has 0 aliphatic carbocycles. The Labute approximate surface area is 190 Å². The van der Waals surface area contributed by atoms with Gasteiger partial charge in [-0.2, -0.15) is 0 Å². The molecule has 0 saturated carbocycles. The zero-order valence-electron chi connectivity index (χ0n) is 17.9. The van der Waals surface area contributed by atoms with E-state index in [0.29, 0.717) is 17.2 Å². The van der Waals surface area contributed by atoms with Crippen molar-refractivity contribution in [3.63, 3.8) is 0 Å². The van der Waals surface area contributed by atoms with Crippen molar-refractivity contribution in [3.05, 3.63) is 89.5 Å². The molecule has 3 aromatic carbocycles. The SMILES string of the molecule is CN(C(=O)c1ccccc1C(=O)OCC(=O)NCc1ccc2c(c1)OCO2)c1ccccc1. The van der Waals surface area contributed by atoms with E-state index in [2.05, 4.69) is 5.32 Å². The maximum Gasteiger partial charge on any atom is 0.339 e. The van der Waals surface area contributed by atoms with Gasteiger partial charge in [-0.25, -0.2) is 4.79 Å². The largest absolute Gasteiger partial charge is 0.454 e. The lowest BCUT2D eigenvalue weighted by molar-refractivity contribution is -0.124. The Balaban J connectivity index is 1.35. The van der Waals surface area contributed by atoms with Crippen molar-refractivity contribution in [2.75, 3.05) is 25.3 Å². The molecule has 0 bridgehead atoms. The summed E-state index contributed by atoms with van der Waals surface area (Å²) in [4.78, 5) is 39.2. The molecular weight excluding hydrogens is 424 g/mol. The van der Waals surface area contributed by atoms with E-state index in [4.69, 9.17) is 14.2 Å². The van der Waals surface area contributed by atoms with E-state index in [9.17, 15) is 14.4 Å². The van der Waals surface area contributed by atoms with E-state index in [-0.39, 0.29) is 30.4 Å². The van der Waals surface area contributed by atoms with Crippen LogP contribution in [0.15, 0.2) is 72.8 Å². The second-order valence-electron chi connectivity index (χ2n) is 7.29. The minimum atomic E-state index is -0.751. The number of nitrogens with one attached hydrogen (secondary N) is 1. The van der Waals surface area contributed by atoms with Gasteiger partial charge in [-0.15, -0.1) is 0 Å². The first kappa shape index (κ1) is 21.9. The highest BCUT2D eigenvalue weighted by atomic mass is 16.7. The topological polar surface area (TPSA) is 94.2 Å². The summed E-state index contributed by atoms with van der Waals surface area (Å²) < 4.78 is 15.7. The number of ether oxygens (including phenoxy) is 3. The molecule has 1 heterocycles. The maximum absolute atomic E-state index is 13.0. The van der Waals surface area contributed by atoms with Crippen LogP contribution in [0.5, 0.6) is 11.5 Å². The number of carbonyl (C=O) groups is 3. The second-order valence-corrected chi connectivity index (χ2v) is 7.29. The summed E-state index contributed by atoms with van der Waals surface area (Å²) in [7, 11) is 1.63. The second kappa shape index (κ2) is 9.86. The molecule has 168 valence electrons. The van der Waals surface area contributed by atoms with Crippen LogP contribution < -0.4 is 19.7 Å². The lowest BCUT2D eigenvalue weighted by Crippen LogP contribution is -2.30. The summed E-state index contributed by atoms with van der Waals surface area (Å²) in [5.74, 6) is -0.300. The third-order valence-corrected chi connectivity index (χ3v) is 5.09. The number of esters is 1. The summed E-state index contributed by atoms with van der Waals surface area (Å²) in [6.07, 6.45) is 0. The van der Waals surface area contributed by atoms with Gasteiger partial charge in [0, 0.05) is 19.3 Å². The molecule has 0 atom stereocenters. The molecule has 8 nitrogen and oxygen atoms in total. The normalized spacial score (nSPS) is 11.5. The highest BCUT2D eigenvalue weighted by Gasteiger charge is 2.22. The fraction of sp³-hybridized carbons (Fsp3) is 0.160. The Kier molecular flexibility index (Phi) is 6.54. The standard InChI is InChI=1S/C25H22N2O6/c1-27(18-7-3-2-4-8-18)24(29)19-9-5-6-10-20(19)25(30)31-15-23(28)26-14-17-11-12-21-22(13-17)33-16-32-21/h2-13H,14-16H2,1H3,(H,26,28). The first-order valence-electron chi connectivity index (χ1n) is 10.3. The third-order valence-electron chi connectivity index (χ3n) is 5.09. The number of carbonyl (C=O) groups excluding carboxylic acids is 3. The van der Waals surface area contributed by atoms with Crippen LogP contribution in [0, 0.1) is 0 Å². The van der Waals surface area contributed by atoms with Gasteiger partial charge in [-0.3, -0.25) is 9.59 Å². The van der Waals surface area contributed by atoms with Crippen LogP contribution in [0.4, 0.5) is 5.69 Å². The average Bonchev–Trinajstić information content (AvgIpc) is 3.33. The summed E-state index contributed by atoms with van der Waals surface area (Å²) in [5, 5.41) is 2.69. The minimum absolute atomic E-state index is 0.0915. The van der Waals surface area contributed by atoms with Crippen LogP contribution in [0.2, 0.25) is 0 Å². The molecule has 1 aliphatic heterocycles. The molecule has 0 saturated heterocycles. The Morgan fingerprint density at radius 1 is 0.909 bits per heavy atom.